The van der Waals surface area contributed by atoms with Crippen LogP contribution in [0.4, 0.5) is 10.1 Å². The summed E-state index contributed by atoms with van der Waals surface area (Å²) in [6, 6.07) is 11.7. The van der Waals surface area contributed by atoms with Crippen LogP contribution in [0.3, 0.4) is 0 Å². The molecule has 1 aliphatic rings. The second-order valence-corrected chi connectivity index (χ2v) is 9.43. The first-order chi connectivity index (χ1) is 15.0. The maximum atomic E-state index is 13.7. The third-order valence-corrected chi connectivity index (χ3v) is 7.36. The van der Waals surface area contributed by atoms with Gasteiger partial charge in [0.25, 0.3) is 0 Å². The van der Waals surface area contributed by atoms with Crippen molar-refractivity contribution in [2.45, 2.75) is 38.8 Å². The highest BCUT2D eigenvalue weighted by Gasteiger charge is 2.30. The van der Waals surface area contributed by atoms with Gasteiger partial charge in [0.15, 0.2) is 5.58 Å². The van der Waals surface area contributed by atoms with Crippen LogP contribution in [0.15, 0.2) is 51.0 Å². The van der Waals surface area contributed by atoms with E-state index in [1.165, 1.54) is 11.6 Å². The Morgan fingerprint density at radius 3 is 2.81 bits per heavy atom. The Kier molecular flexibility index (Phi) is 5.32. The lowest BCUT2D eigenvalue weighted by molar-refractivity contribution is 0.130. The molecule has 31 heavy (non-hydrogen) atoms. The molecular weight excluding hydrogens is 413 g/mol. The van der Waals surface area contributed by atoms with Crippen molar-refractivity contribution in [2.75, 3.05) is 24.5 Å². The SMILES string of the molecule is C[C@@H]1CN(c2cccc3[nH]c(=O)oc23)C[C@H](C)N1CCCc1csc2ccc(F)cc12. The van der Waals surface area contributed by atoms with Gasteiger partial charge in [0.2, 0.25) is 0 Å². The van der Waals surface area contributed by atoms with Crippen molar-refractivity contribution in [2.24, 2.45) is 0 Å². The number of anilines is 1. The van der Waals surface area contributed by atoms with Gasteiger partial charge in [-0.15, -0.1) is 11.3 Å². The molecule has 7 heteroatoms. The lowest BCUT2D eigenvalue weighted by Crippen LogP contribution is -2.57. The summed E-state index contributed by atoms with van der Waals surface area (Å²) in [7, 11) is 0. The number of halogens is 1. The predicted octanol–water partition coefficient (Wildman–Crippen LogP) is 5.01. The number of hydrogen-bond donors (Lipinski definition) is 1. The number of oxazole rings is 1. The van der Waals surface area contributed by atoms with E-state index in [9.17, 15) is 9.18 Å². The van der Waals surface area contributed by atoms with Crippen LogP contribution in [-0.2, 0) is 6.42 Å². The maximum absolute atomic E-state index is 13.7. The Labute approximate surface area is 184 Å². The number of para-hydroxylation sites is 1. The number of fused-ring (bicyclic) bond motifs is 2. The van der Waals surface area contributed by atoms with Gasteiger partial charge in [0, 0.05) is 29.9 Å². The second-order valence-electron chi connectivity index (χ2n) is 8.51. The van der Waals surface area contributed by atoms with Crippen LogP contribution in [0, 0.1) is 5.82 Å². The zero-order valence-corrected chi connectivity index (χ0v) is 18.5. The summed E-state index contributed by atoms with van der Waals surface area (Å²) in [4.78, 5) is 19.3. The number of hydrogen-bond acceptors (Lipinski definition) is 5. The number of thiophene rings is 1. The molecule has 0 spiro atoms. The highest BCUT2D eigenvalue weighted by atomic mass is 32.1. The van der Waals surface area contributed by atoms with Crippen LogP contribution in [0.2, 0.25) is 0 Å². The van der Waals surface area contributed by atoms with E-state index in [4.69, 9.17) is 4.42 Å². The number of benzene rings is 2. The lowest BCUT2D eigenvalue weighted by atomic mass is 10.0. The standard InChI is InChI=1S/C24H26FN3O2S/c1-15-12-27(21-7-3-6-20-23(21)30-24(29)26-20)13-16(2)28(15)10-4-5-17-14-31-22-9-8-18(25)11-19(17)22/h3,6-9,11,14-16H,4-5,10,12-13H2,1-2H3,(H,26,29)/t15-,16+. The van der Waals surface area contributed by atoms with E-state index in [1.807, 2.05) is 24.3 Å². The number of H-pyrrole nitrogens is 1. The number of aryl methyl sites for hydroxylation is 1. The van der Waals surface area contributed by atoms with Gasteiger partial charge in [0.1, 0.15) is 5.82 Å². The van der Waals surface area contributed by atoms with Gasteiger partial charge >= 0.3 is 5.76 Å². The molecule has 0 radical (unpaired) electrons. The Hall–Kier alpha value is -2.64. The Morgan fingerprint density at radius 2 is 2.00 bits per heavy atom. The molecule has 162 valence electrons. The molecule has 2 aromatic heterocycles. The average Bonchev–Trinajstić information content (AvgIpc) is 3.31. The molecule has 3 heterocycles. The van der Waals surface area contributed by atoms with Crippen molar-refractivity contribution in [1.29, 1.82) is 0 Å². The molecule has 2 aromatic carbocycles. The van der Waals surface area contributed by atoms with Crippen LogP contribution in [0.25, 0.3) is 21.2 Å². The molecule has 0 amide bonds. The average molecular weight is 440 g/mol. The predicted molar refractivity (Wildman–Crippen MR) is 125 cm³/mol. The molecule has 4 aromatic rings. The Bertz CT molecular complexity index is 1260. The summed E-state index contributed by atoms with van der Waals surface area (Å²) >= 11 is 1.69. The second kappa shape index (κ2) is 8.13. The van der Waals surface area contributed by atoms with Crippen LogP contribution < -0.4 is 10.7 Å². The summed E-state index contributed by atoms with van der Waals surface area (Å²) in [5, 5.41) is 3.22. The third-order valence-electron chi connectivity index (χ3n) is 6.35. The summed E-state index contributed by atoms with van der Waals surface area (Å²) < 4.78 is 20.2. The first-order valence-electron chi connectivity index (χ1n) is 10.8. The van der Waals surface area contributed by atoms with Gasteiger partial charge in [-0.1, -0.05) is 6.07 Å². The molecule has 1 N–H and O–H groups in total. The largest absolute Gasteiger partial charge is 0.417 e. The molecule has 0 unspecified atom stereocenters. The quantitative estimate of drug-likeness (QED) is 0.475. The van der Waals surface area contributed by atoms with Crippen LogP contribution in [0.5, 0.6) is 0 Å². The number of rotatable bonds is 5. The van der Waals surface area contributed by atoms with Gasteiger partial charge in [-0.25, -0.2) is 9.18 Å². The van der Waals surface area contributed by atoms with Crippen molar-refractivity contribution < 1.29 is 8.81 Å². The van der Waals surface area contributed by atoms with Gasteiger partial charge in [-0.2, -0.15) is 0 Å². The van der Waals surface area contributed by atoms with Crippen LogP contribution >= 0.6 is 11.3 Å². The van der Waals surface area contributed by atoms with E-state index in [2.05, 4.69) is 34.0 Å². The molecule has 1 aliphatic heterocycles. The van der Waals surface area contributed by atoms with Crippen molar-refractivity contribution in [3.63, 3.8) is 0 Å². The summed E-state index contributed by atoms with van der Waals surface area (Å²) in [5.41, 5.74) is 3.59. The first kappa shape index (κ1) is 20.3. The smallest absolute Gasteiger partial charge is 0.406 e. The van der Waals surface area contributed by atoms with Crippen molar-refractivity contribution in [3.05, 3.63) is 63.7 Å². The van der Waals surface area contributed by atoms with E-state index in [0.717, 1.165) is 53.8 Å². The van der Waals surface area contributed by atoms with Gasteiger partial charge in [-0.05, 0) is 79.9 Å². The lowest BCUT2D eigenvalue weighted by Gasteiger charge is -2.45. The fourth-order valence-corrected chi connectivity index (χ4v) is 5.88. The van der Waals surface area contributed by atoms with Crippen LogP contribution in [0.1, 0.15) is 25.8 Å². The zero-order valence-electron chi connectivity index (χ0n) is 17.7. The van der Waals surface area contributed by atoms with E-state index in [1.54, 1.807) is 17.4 Å². The minimum atomic E-state index is -0.414. The molecule has 5 nitrogen and oxygen atoms in total. The molecule has 1 fully saturated rings. The highest BCUT2D eigenvalue weighted by Crippen LogP contribution is 2.30. The minimum absolute atomic E-state index is 0.168. The normalized spacial score (nSPS) is 20.2. The molecular formula is C24H26FN3O2S. The van der Waals surface area contributed by atoms with Crippen LogP contribution in [-0.4, -0.2) is 41.6 Å². The minimum Gasteiger partial charge on any atom is -0.406 e. The number of nitrogens with zero attached hydrogens (tertiary/aromatic N) is 2. The first-order valence-corrected chi connectivity index (χ1v) is 11.7. The van der Waals surface area contributed by atoms with Gasteiger partial charge in [0.05, 0.1) is 11.2 Å². The summed E-state index contributed by atoms with van der Waals surface area (Å²) in [5.74, 6) is -0.582. The molecule has 1 saturated heterocycles. The Balaban J connectivity index is 1.26. The van der Waals surface area contributed by atoms with E-state index in [0.29, 0.717) is 17.7 Å². The highest BCUT2D eigenvalue weighted by molar-refractivity contribution is 7.17. The van der Waals surface area contributed by atoms with E-state index < -0.39 is 5.76 Å². The van der Waals surface area contributed by atoms with Crippen molar-refractivity contribution in [3.8, 4) is 0 Å². The van der Waals surface area contributed by atoms with Crippen molar-refractivity contribution in [1.82, 2.24) is 9.88 Å². The molecule has 0 saturated carbocycles. The Morgan fingerprint density at radius 1 is 1.19 bits per heavy atom. The molecule has 0 aliphatic carbocycles. The van der Waals surface area contributed by atoms with Crippen molar-refractivity contribution >= 4 is 38.2 Å². The fraction of sp³-hybridized carbons (Fsp3) is 0.375. The number of nitrogens with one attached hydrogen (secondary N) is 1. The third kappa shape index (κ3) is 3.88. The fourth-order valence-electron chi connectivity index (χ4n) is 4.90. The van der Waals surface area contributed by atoms with E-state index >= 15 is 0 Å². The summed E-state index contributed by atoms with van der Waals surface area (Å²) in [6.07, 6.45) is 2.00. The summed E-state index contributed by atoms with van der Waals surface area (Å²) in [6.45, 7) is 7.28. The van der Waals surface area contributed by atoms with E-state index in [-0.39, 0.29) is 5.82 Å². The number of aromatic nitrogens is 1. The number of piperazine rings is 1. The van der Waals surface area contributed by atoms with Gasteiger partial charge in [-0.3, -0.25) is 9.88 Å². The number of aromatic amines is 1. The molecule has 2 atom stereocenters. The monoisotopic (exact) mass is 439 g/mol. The topological polar surface area (TPSA) is 52.5 Å². The van der Waals surface area contributed by atoms with Gasteiger partial charge < -0.3 is 9.32 Å². The molecule has 5 rings (SSSR count). The molecule has 0 bridgehead atoms. The maximum Gasteiger partial charge on any atom is 0.417 e. The zero-order chi connectivity index (χ0) is 21.5.